The second-order valence-electron chi connectivity index (χ2n) is 9.66. The van der Waals surface area contributed by atoms with Crippen LogP contribution in [-0.2, 0) is 25.4 Å². The number of phenols is 1. The molecule has 0 bridgehead atoms. The van der Waals surface area contributed by atoms with Crippen LogP contribution in [0.15, 0.2) is 23.8 Å². The summed E-state index contributed by atoms with van der Waals surface area (Å²) in [6.45, 7) is 5.75. The summed E-state index contributed by atoms with van der Waals surface area (Å²) in [5.41, 5.74) is 2.78. The van der Waals surface area contributed by atoms with E-state index in [9.17, 15) is 9.90 Å². The van der Waals surface area contributed by atoms with Crippen LogP contribution >= 0.6 is 0 Å². The normalized spacial score (nSPS) is 20.0. The fourth-order valence-corrected chi connectivity index (χ4v) is 5.17. The van der Waals surface area contributed by atoms with Crippen molar-refractivity contribution in [2.45, 2.75) is 39.6 Å². The van der Waals surface area contributed by atoms with E-state index in [1.54, 1.807) is 19.1 Å². The fourth-order valence-electron chi connectivity index (χ4n) is 5.17. The summed E-state index contributed by atoms with van der Waals surface area (Å²) in [6, 6.07) is 3.65. The Balaban J connectivity index is 1.99. The van der Waals surface area contributed by atoms with Gasteiger partial charge in [0.25, 0.3) is 0 Å². The molecule has 0 fully saturated rings. The van der Waals surface area contributed by atoms with Crippen LogP contribution in [0.5, 0.6) is 34.5 Å². The molecule has 2 aliphatic rings. The van der Waals surface area contributed by atoms with Gasteiger partial charge in [0.05, 0.1) is 21.3 Å². The van der Waals surface area contributed by atoms with Gasteiger partial charge in [-0.1, -0.05) is 13.8 Å². The summed E-state index contributed by atoms with van der Waals surface area (Å²) in [7, 11) is 7.47. The second-order valence-corrected chi connectivity index (χ2v) is 9.66. The van der Waals surface area contributed by atoms with Crippen molar-refractivity contribution in [2.75, 3.05) is 42.3 Å². The van der Waals surface area contributed by atoms with E-state index in [0.29, 0.717) is 51.7 Å². The minimum absolute atomic E-state index is 0.00698. The highest BCUT2D eigenvalue weighted by Crippen LogP contribution is 2.58. The molecule has 1 aliphatic carbocycles. The van der Waals surface area contributed by atoms with E-state index in [-0.39, 0.29) is 30.1 Å². The smallest absolute Gasteiger partial charge is 0.334 e. The maximum absolute atomic E-state index is 13.3. The average molecular weight is 545 g/mol. The predicted octanol–water partition coefficient (Wildman–Crippen LogP) is 4.79. The van der Waals surface area contributed by atoms with Gasteiger partial charge in [0.1, 0.15) is 6.10 Å². The monoisotopic (exact) mass is 544 g/mol. The molecule has 1 heterocycles. The molecule has 3 atom stereocenters. The molecule has 2 aromatic carbocycles. The van der Waals surface area contributed by atoms with Gasteiger partial charge in [0, 0.05) is 42.4 Å². The van der Waals surface area contributed by atoms with E-state index >= 15 is 0 Å². The molecular formula is C29H36O10. The molecule has 0 unspecified atom stereocenters. The topological polar surface area (TPSA) is 111 Å². The Morgan fingerprint density at radius 2 is 1.69 bits per heavy atom. The molecule has 0 aromatic heterocycles. The summed E-state index contributed by atoms with van der Waals surface area (Å²) in [5, 5.41) is 11.6. The predicted molar refractivity (Wildman–Crippen MR) is 142 cm³/mol. The van der Waals surface area contributed by atoms with Gasteiger partial charge in [-0.3, -0.25) is 0 Å². The number of hydrogen-bond acceptors (Lipinski definition) is 10. The Morgan fingerprint density at radius 1 is 1.00 bits per heavy atom. The number of ether oxygens (including phenoxy) is 8. The van der Waals surface area contributed by atoms with Gasteiger partial charge in [0.2, 0.25) is 18.3 Å². The molecule has 0 saturated carbocycles. The van der Waals surface area contributed by atoms with Crippen molar-refractivity contribution in [3.05, 3.63) is 34.9 Å². The SMILES string of the molecule is COc1cc2c(c(O)c1OC)-c1c(cc3c(c1OC)OCO3)[C@H](OC(=O)/C(C)=C\C(OC)OC)[C@H](C)[C@H](C)C2. The number of rotatable bonds is 8. The largest absolute Gasteiger partial charge is 0.504 e. The van der Waals surface area contributed by atoms with Crippen LogP contribution in [0, 0.1) is 11.8 Å². The first-order chi connectivity index (χ1) is 18.7. The zero-order valence-corrected chi connectivity index (χ0v) is 23.6. The lowest BCUT2D eigenvalue weighted by atomic mass is 9.76. The first-order valence-corrected chi connectivity index (χ1v) is 12.6. The second kappa shape index (κ2) is 11.6. The van der Waals surface area contributed by atoms with Crippen molar-refractivity contribution in [2.24, 2.45) is 11.8 Å². The van der Waals surface area contributed by atoms with Crippen LogP contribution in [0.3, 0.4) is 0 Å². The summed E-state index contributed by atoms with van der Waals surface area (Å²) in [5.74, 6) is 1.05. The van der Waals surface area contributed by atoms with Crippen LogP contribution in [0.2, 0.25) is 0 Å². The van der Waals surface area contributed by atoms with Gasteiger partial charge < -0.3 is 43.0 Å². The van der Waals surface area contributed by atoms with Gasteiger partial charge in [-0.15, -0.1) is 0 Å². The molecule has 0 radical (unpaired) electrons. The lowest BCUT2D eigenvalue weighted by Gasteiger charge is -2.35. The first-order valence-electron chi connectivity index (χ1n) is 12.6. The number of carbonyl (C=O) groups excluding carboxylic acids is 1. The van der Waals surface area contributed by atoms with Gasteiger partial charge in [-0.05, 0) is 43.0 Å². The van der Waals surface area contributed by atoms with E-state index in [1.807, 2.05) is 13.0 Å². The number of phenolic OH excluding ortho intramolecular Hbond substituents is 1. The van der Waals surface area contributed by atoms with E-state index in [2.05, 4.69) is 6.92 Å². The van der Waals surface area contributed by atoms with Crippen LogP contribution < -0.4 is 23.7 Å². The van der Waals surface area contributed by atoms with Gasteiger partial charge in [-0.2, -0.15) is 0 Å². The molecule has 4 rings (SSSR count). The lowest BCUT2D eigenvalue weighted by Crippen LogP contribution is -2.27. The summed E-state index contributed by atoms with van der Waals surface area (Å²) in [4.78, 5) is 13.3. The molecule has 39 heavy (non-hydrogen) atoms. The Kier molecular flexibility index (Phi) is 8.46. The maximum atomic E-state index is 13.3. The maximum Gasteiger partial charge on any atom is 0.334 e. The Bertz CT molecular complexity index is 1260. The van der Waals surface area contributed by atoms with Crippen molar-refractivity contribution in [3.8, 4) is 45.6 Å². The van der Waals surface area contributed by atoms with E-state index in [4.69, 9.17) is 37.9 Å². The fraction of sp³-hybridized carbons (Fsp3) is 0.483. The van der Waals surface area contributed by atoms with Crippen LogP contribution in [-0.4, -0.2) is 59.7 Å². The van der Waals surface area contributed by atoms with E-state index in [1.165, 1.54) is 35.5 Å². The summed E-state index contributed by atoms with van der Waals surface area (Å²) >= 11 is 0. The first kappa shape index (κ1) is 28.4. The van der Waals surface area contributed by atoms with Crippen molar-refractivity contribution in [1.29, 1.82) is 0 Å². The number of fused-ring (bicyclic) bond motifs is 4. The molecule has 2 aromatic rings. The highest BCUT2D eigenvalue weighted by Gasteiger charge is 2.40. The van der Waals surface area contributed by atoms with Crippen molar-refractivity contribution < 1.29 is 47.8 Å². The third-order valence-electron chi connectivity index (χ3n) is 7.46. The Morgan fingerprint density at radius 3 is 2.31 bits per heavy atom. The molecular weight excluding hydrogens is 508 g/mol. The third kappa shape index (κ3) is 5.06. The minimum atomic E-state index is -0.724. The van der Waals surface area contributed by atoms with Gasteiger partial charge >= 0.3 is 5.97 Å². The molecule has 1 aliphatic heterocycles. The minimum Gasteiger partial charge on any atom is -0.504 e. The van der Waals surface area contributed by atoms with Crippen LogP contribution in [0.25, 0.3) is 11.1 Å². The number of esters is 1. The zero-order chi connectivity index (χ0) is 28.4. The summed E-state index contributed by atoms with van der Waals surface area (Å²) in [6.07, 6.45) is 0.690. The molecule has 212 valence electrons. The van der Waals surface area contributed by atoms with Gasteiger partial charge in [0.15, 0.2) is 29.3 Å². The highest BCUT2D eigenvalue weighted by atomic mass is 16.7. The molecule has 0 amide bonds. The molecule has 0 saturated heterocycles. The van der Waals surface area contributed by atoms with Crippen molar-refractivity contribution in [1.82, 2.24) is 0 Å². The average Bonchev–Trinajstić information content (AvgIpc) is 3.41. The number of hydrogen-bond donors (Lipinski definition) is 1. The number of carbonyl (C=O) groups is 1. The molecule has 10 nitrogen and oxygen atoms in total. The van der Waals surface area contributed by atoms with Gasteiger partial charge in [-0.25, -0.2) is 4.79 Å². The quantitative estimate of drug-likeness (QED) is 0.283. The van der Waals surface area contributed by atoms with Crippen molar-refractivity contribution in [3.63, 3.8) is 0 Å². The Hall–Kier alpha value is -3.63. The molecule has 1 N–H and O–H groups in total. The van der Waals surface area contributed by atoms with Crippen LogP contribution in [0.4, 0.5) is 0 Å². The molecule has 10 heteroatoms. The van der Waals surface area contributed by atoms with Crippen molar-refractivity contribution >= 4 is 5.97 Å². The standard InChI is InChI=1S/C29H36O10/c1-14-9-17-11-19(32-4)26(35-7)24(30)22(17)23-18(12-20-27(28(23)36-8)38-13-37-20)25(16(14)3)39-29(31)15(2)10-21(33-5)34-6/h10-12,14,16,21,25,30H,9,13H2,1-8H3/b15-10-/t14-,16-,25-/m1/s1. The van der Waals surface area contributed by atoms with Crippen LogP contribution in [0.1, 0.15) is 38.0 Å². The van der Waals surface area contributed by atoms with E-state index in [0.717, 1.165) is 5.56 Å². The highest BCUT2D eigenvalue weighted by molar-refractivity contribution is 5.90. The molecule has 0 spiro atoms. The lowest BCUT2D eigenvalue weighted by molar-refractivity contribution is -0.148. The summed E-state index contributed by atoms with van der Waals surface area (Å²) < 4.78 is 45.0. The number of benzene rings is 2. The number of aromatic hydroxyl groups is 1. The Labute approximate surface area is 228 Å². The zero-order valence-electron chi connectivity index (χ0n) is 23.6. The van der Waals surface area contributed by atoms with E-state index < -0.39 is 18.4 Å². The third-order valence-corrected chi connectivity index (χ3v) is 7.46. The number of methoxy groups -OCH3 is 5.